The number of rotatable bonds is 1. The molecule has 0 aromatic rings. The normalized spacial score (nSPS) is 56.8. The molecule has 25 heavy (non-hydrogen) atoms. The second kappa shape index (κ2) is 4.65. The van der Waals surface area contributed by atoms with Gasteiger partial charge in [0.1, 0.15) is 5.60 Å². The van der Waals surface area contributed by atoms with Gasteiger partial charge in [-0.3, -0.25) is 9.59 Å². The van der Waals surface area contributed by atoms with Crippen LogP contribution in [-0.4, -0.2) is 23.3 Å². The van der Waals surface area contributed by atoms with Crippen LogP contribution in [-0.2, 0) is 14.3 Å². The third-order valence-electron chi connectivity index (χ3n) is 9.46. The van der Waals surface area contributed by atoms with Crippen LogP contribution in [0.1, 0.15) is 65.7 Å². The lowest BCUT2D eigenvalue weighted by atomic mass is 9.43. The van der Waals surface area contributed by atoms with Crippen LogP contribution >= 0.6 is 0 Å². The Morgan fingerprint density at radius 2 is 1.92 bits per heavy atom. The highest BCUT2D eigenvalue weighted by atomic mass is 16.6. The summed E-state index contributed by atoms with van der Waals surface area (Å²) in [4.78, 5) is 24.7. The Balaban J connectivity index is 1.56. The molecule has 5 fully saturated rings. The number of carbonyl (C=O) groups excluding carboxylic acids is 2. The summed E-state index contributed by atoms with van der Waals surface area (Å²) in [5.74, 6) is 2.19. The maximum absolute atomic E-state index is 12.4. The lowest BCUT2D eigenvalue weighted by Gasteiger charge is -2.59. The van der Waals surface area contributed by atoms with Crippen LogP contribution in [0.25, 0.3) is 0 Å². The van der Waals surface area contributed by atoms with Gasteiger partial charge >= 0.3 is 0 Å². The van der Waals surface area contributed by atoms with Crippen molar-refractivity contribution in [3.8, 4) is 0 Å². The molecule has 1 aliphatic heterocycles. The Bertz CT molecular complexity index is 695. The molecule has 0 radical (unpaired) electrons. The molecule has 4 aliphatic carbocycles. The molecule has 1 spiro atoms. The fourth-order valence-electron chi connectivity index (χ4n) is 8.18. The molecular formula is C22H30O3. The maximum Gasteiger partial charge on any atom is 0.230 e. The second-order valence-electron chi connectivity index (χ2n) is 10.0. The molecule has 3 heteroatoms. The first-order valence-corrected chi connectivity index (χ1v) is 10.2. The number of fused-ring (bicyclic) bond motifs is 4. The molecule has 8 atom stereocenters. The lowest BCUT2D eigenvalue weighted by molar-refractivity contribution is -0.145. The van der Waals surface area contributed by atoms with Crippen LogP contribution in [0.5, 0.6) is 0 Å². The smallest absolute Gasteiger partial charge is 0.230 e. The van der Waals surface area contributed by atoms with E-state index in [0.29, 0.717) is 23.7 Å². The summed E-state index contributed by atoms with van der Waals surface area (Å²) in [6, 6.07) is 0. The predicted octanol–water partition coefficient (Wildman–Crippen LogP) is 4.10. The lowest BCUT2D eigenvalue weighted by Crippen LogP contribution is -2.60. The standard InChI is InChI=1S/C22H30O3/c1-5-13-6-7-15-14-10-12(2)22-19(25-22)18(24)17(23)11-21(22,4)16(14)8-9-20(13,15)3/h13-16,19H,2,5-11H2,1,3-4H3/t13?,14-,15-,16+,19?,20+,21+,22?/m0/s1. The number of ether oxygens (including phenoxy) is 1. The van der Waals surface area contributed by atoms with Gasteiger partial charge in [0, 0.05) is 11.8 Å². The molecule has 0 bridgehead atoms. The molecule has 5 aliphatic rings. The van der Waals surface area contributed by atoms with Gasteiger partial charge < -0.3 is 4.74 Å². The van der Waals surface area contributed by atoms with E-state index in [1.54, 1.807) is 0 Å². The molecular weight excluding hydrogens is 312 g/mol. The number of Topliss-reactive ketones (excluding diaryl/α,β-unsaturated/α-hetero) is 2. The predicted molar refractivity (Wildman–Crippen MR) is 94.9 cm³/mol. The minimum absolute atomic E-state index is 0.208. The molecule has 1 heterocycles. The SMILES string of the molecule is C=C1C[C@@H]2[C@@H](CC[C@]3(C)C(CC)CC[C@@H]23)[C@@]2(C)CC(=O)C(=O)C3OC132. The van der Waals surface area contributed by atoms with Crippen molar-refractivity contribution in [1.29, 1.82) is 0 Å². The van der Waals surface area contributed by atoms with Gasteiger partial charge in [-0.2, -0.15) is 0 Å². The highest BCUT2D eigenvalue weighted by Crippen LogP contribution is 2.73. The topological polar surface area (TPSA) is 46.7 Å². The Kier molecular flexibility index (Phi) is 3.02. The summed E-state index contributed by atoms with van der Waals surface area (Å²) >= 11 is 0. The van der Waals surface area contributed by atoms with Crippen LogP contribution in [0.3, 0.4) is 0 Å². The molecule has 4 saturated carbocycles. The number of hydrogen-bond donors (Lipinski definition) is 0. The Hall–Kier alpha value is -0.960. The van der Waals surface area contributed by atoms with E-state index in [1.807, 2.05) is 0 Å². The number of epoxide rings is 1. The molecule has 3 nitrogen and oxygen atoms in total. The van der Waals surface area contributed by atoms with Crippen molar-refractivity contribution in [2.45, 2.75) is 77.4 Å². The van der Waals surface area contributed by atoms with Gasteiger partial charge in [-0.25, -0.2) is 0 Å². The van der Waals surface area contributed by atoms with Crippen LogP contribution in [0.2, 0.25) is 0 Å². The van der Waals surface area contributed by atoms with E-state index >= 15 is 0 Å². The first kappa shape index (κ1) is 16.2. The van der Waals surface area contributed by atoms with E-state index in [0.717, 1.165) is 23.8 Å². The van der Waals surface area contributed by atoms with E-state index in [-0.39, 0.29) is 17.0 Å². The van der Waals surface area contributed by atoms with Crippen LogP contribution in [0.15, 0.2) is 12.2 Å². The minimum atomic E-state index is -0.521. The van der Waals surface area contributed by atoms with E-state index in [1.165, 1.54) is 32.1 Å². The average Bonchev–Trinajstić information content (AvgIpc) is 3.24. The van der Waals surface area contributed by atoms with Crippen molar-refractivity contribution in [3.63, 3.8) is 0 Å². The molecule has 136 valence electrons. The molecule has 0 aromatic carbocycles. The van der Waals surface area contributed by atoms with E-state index in [4.69, 9.17) is 4.74 Å². The minimum Gasteiger partial charge on any atom is -0.352 e. The zero-order valence-electron chi connectivity index (χ0n) is 15.8. The zero-order chi connectivity index (χ0) is 17.8. The van der Waals surface area contributed by atoms with Crippen LogP contribution in [0, 0.1) is 34.5 Å². The monoisotopic (exact) mass is 342 g/mol. The van der Waals surface area contributed by atoms with Gasteiger partial charge in [-0.1, -0.05) is 33.8 Å². The van der Waals surface area contributed by atoms with Gasteiger partial charge in [-0.05, 0) is 66.8 Å². The van der Waals surface area contributed by atoms with Crippen LogP contribution in [0.4, 0.5) is 0 Å². The van der Waals surface area contributed by atoms with Gasteiger partial charge in [-0.15, -0.1) is 0 Å². The maximum atomic E-state index is 12.4. The summed E-state index contributed by atoms with van der Waals surface area (Å²) in [6.45, 7) is 11.5. The average molecular weight is 342 g/mol. The molecule has 0 aromatic heterocycles. The van der Waals surface area contributed by atoms with Crippen LogP contribution < -0.4 is 0 Å². The number of carbonyl (C=O) groups is 2. The number of ketones is 2. The van der Waals surface area contributed by atoms with Crippen molar-refractivity contribution in [3.05, 3.63) is 12.2 Å². The van der Waals surface area contributed by atoms with Crippen molar-refractivity contribution in [2.24, 2.45) is 34.5 Å². The number of hydrogen-bond acceptors (Lipinski definition) is 3. The largest absolute Gasteiger partial charge is 0.352 e. The van der Waals surface area contributed by atoms with Gasteiger partial charge in [0.05, 0.1) is 0 Å². The fraction of sp³-hybridized carbons (Fsp3) is 0.818. The first-order valence-electron chi connectivity index (χ1n) is 10.2. The first-order chi connectivity index (χ1) is 11.8. The van der Waals surface area contributed by atoms with Crippen molar-refractivity contribution >= 4 is 11.6 Å². The zero-order valence-corrected chi connectivity index (χ0v) is 15.8. The molecule has 0 amide bonds. The quantitative estimate of drug-likeness (QED) is 0.409. The summed E-state index contributed by atoms with van der Waals surface area (Å²) in [5, 5.41) is 0. The molecule has 3 unspecified atom stereocenters. The van der Waals surface area contributed by atoms with Crippen molar-refractivity contribution in [1.82, 2.24) is 0 Å². The van der Waals surface area contributed by atoms with E-state index in [2.05, 4.69) is 27.4 Å². The highest BCUT2D eigenvalue weighted by molar-refractivity contribution is 6.41. The fourth-order valence-corrected chi connectivity index (χ4v) is 8.18. The van der Waals surface area contributed by atoms with E-state index < -0.39 is 11.7 Å². The summed E-state index contributed by atoms with van der Waals surface area (Å²) in [7, 11) is 0. The van der Waals surface area contributed by atoms with Crippen molar-refractivity contribution < 1.29 is 14.3 Å². The summed E-state index contributed by atoms with van der Waals surface area (Å²) in [6.07, 6.45) is 7.24. The Morgan fingerprint density at radius 1 is 1.16 bits per heavy atom. The second-order valence-corrected chi connectivity index (χ2v) is 10.0. The highest BCUT2D eigenvalue weighted by Gasteiger charge is 2.79. The van der Waals surface area contributed by atoms with E-state index in [9.17, 15) is 9.59 Å². The Morgan fingerprint density at radius 3 is 2.64 bits per heavy atom. The molecule has 0 N–H and O–H groups in total. The van der Waals surface area contributed by atoms with Gasteiger partial charge in [0.25, 0.3) is 0 Å². The van der Waals surface area contributed by atoms with Gasteiger partial charge in [0.2, 0.25) is 11.6 Å². The molecule has 5 rings (SSSR count). The van der Waals surface area contributed by atoms with Gasteiger partial charge in [0.15, 0.2) is 6.10 Å². The Labute approximate surface area is 150 Å². The summed E-state index contributed by atoms with van der Waals surface area (Å²) < 4.78 is 6.03. The van der Waals surface area contributed by atoms with Crippen molar-refractivity contribution in [2.75, 3.05) is 0 Å². The summed E-state index contributed by atoms with van der Waals surface area (Å²) in [5.41, 5.74) is 0.811. The molecule has 1 saturated heterocycles. The third-order valence-corrected chi connectivity index (χ3v) is 9.46. The third kappa shape index (κ3) is 1.63.